The Morgan fingerprint density at radius 1 is 1.22 bits per heavy atom. The molecule has 0 heterocycles. The average molecular weight is 250 g/mol. The van der Waals surface area contributed by atoms with Crippen molar-refractivity contribution in [3.63, 3.8) is 0 Å². The molecule has 0 amide bonds. The fraction of sp³-hybridized carbons (Fsp3) is 0.357. The van der Waals surface area contributed by atoms with E-state index in [1.807, 2.05) is 32.0 Å². The fourth-order valence-electron chi connectivity index (χ4n) is 1.42. The zero-order valence-corrected chi connectivity index (χ0v) is 10.9. The lowest BCUT2D eigenvalue weighted by Crippen LogP contribution is -1.98. The number of hydrogen-bond donors (Lipinski definition) is 0. The van der Waals surface area contributed by atoms with E-state index < -0.39 is 5.97 Å². The van der Waals surface area contributed by atoms with Gasteiger partial charge >= 0.3 is 5.97 Å². The molecule has 0 aliphatic heterocycles. The van der Waals surface area contributed by atoms with Crippen LogP contribution in [0.2, 0.25) is 0 Å². The van der Waals surface area contributed by atoms with Crippen LogP contribution in [0.1, 0.15) is 19.4 Å². The second-order valence-corrected chi connectivity index (χ2v) is 3.42. The van der Waals surface area contributed by atoms with Gasteiger partial charge in [0.25, 0.3) is 0 Å². The number of methoxy groups -OCH3 is 1. The molecule has 1 aromatic rings. The second kappa shape index (κ2) is 7.37. The van der Waals surface area contributed by atoms with E-state index in [0.29, 0.717) is 19.0 Å². The number of rotatable bonds is 6. The van der Waals surface area contributed by atoms with Crippen molar-refractivity contribution in [2.45, 2.75) is 13.8 Å². The van der Waals surface area contributed by atoms with Crippen molar-refractivity contribution >= 4 is 12.0 Å². The van der Waals surface area contributed by atoms with E-state index in [4.69, 9.17) is 9.47 Å². The molecule has 0 fully saturated rings. The maximum atomic E-state index is 11.0. The minimum atomic E-state index is -0.397. The summed E-state index contributed by atoms with van der Waals surface area (Å²) in [6.45, 7) is 4.98. The zero-order chi connectivity index (χ0) is 13.4. The highest BCUT2D eigenvalue weighted by atomic mass is 16.5. The van der Waals surface area contributed by atoms with Gasteiger partial charge in [-0.1, -0.05) is 0 Å². The summed E-state index contributed by atoms with van der Waals surface area (Å²) >= 11 is 0. The van der Waals surface area contributed by atoms with Crippen molar-refractivity contribution in [3.05, 3.63) is 29.8 Å². The number of carbonyl (C=O) groups excluding carboxylic acids is 1. The lowest BCUT2D eigenvalue weighted by molar-refractivity contribution is -0.134. The van der Waals surface area contributed by atoms with Crippen LogP contribution in [-0.4, -0.2) is 26.3 Å². The molecule has 0 aromatic heterocycles. The number of carbonyl (C=O) groups is 1. The Kier molecular flexibility index (Phi) is 5.77. The summed E-state index contributed by atoms with van der Waals surface area (Å²) in [6.07, 6.45) is 3.02. The van der Waals surface area contributed by atoms with Gasteiger partial charge in [-0.05, 0) is 32.1 Å². The van der Waals surface area contributed by atoms with Crippen LogP contribution < -0.4 is 9.47 Å². The highest BCUT2D eigenvalue weighted by Crippen LogP contribution is 2.26. The van der Waals surface area contributed by atoms with Crippen molar-refractivity contribution in [1.82, 2.24) is 0 Å². The molecule has 0 bridgehead atoms. The normalized spacial score (nSPS) is 10.4. The van der Waals surface area contributed by atoms with Crippen LogP contribution in [0.4, 0.5) is 0 Å². The van der Waals surface area contributed by atoms with E-state index in [9.17, 15) is 4.79 Å². The lowest BCUT2D eigenvalue weighted by Gasteiger charge is -2.10. The summed E-state index contributed by atoms with van der Waals surface area (Å²) < 4.78 is 15.4. The smallest absolute Gasteiger partial charge is 0.330 e. The van der Waals surface area contributed by atoms with Crippen molar-refractivity contribution in [3.8, 4) is 11.5 Å². The van der Waals surface area contributed by atoms with E-state index in [1.165, 1.54) is 13.2 Å². The standard InChI is InChI=1S/C14H18O4/c1-4-17-12-8-6-11(7-9-14(15)16-3)13(10-12)18-5-2/h6-10H,4-5H2,1-3H3. The Morgan fingerprint density at radius 2 is 1.94 bits per heavy atom. The predicted molar refractivity (Wildman–Crippen MR) is 69.8 cm³/mol. The molecule has 0 aliphatic carbocycles. The first-order valence-electron chi connectivity index (χ1n) is 5.87. The summed E-state index contributed by atoms with van der Waals surface area (Å²) in [4.78, 5) is 11.0. The second-order valence-electron chi connectivity index (χ2n) is 3.42. The Labute approximate surface area is 107 Å². The van der Waals surface area contributed by atoms with Crippen LogP contribution in [0.25, 0.3) is 6.08 Å². The van der Waals surface area contributed by atoms with Gasteiger partial charge in [-0.3, -0.25) is 0 Å². The van der Waals surface area contributed by atoms with Crippen LogP contribution in [-0.2, 0) is 9.53 Å². The van der Waals surface area contributed by atoms with Crippen molar-refractivity contribution < 1.29 is 19.0 Å². The van der Waals surface area contributed by atoms with Crippen LogP contribution in [0.15, 0.2) is 24.3 Å². The molecule has 4 heteroatoms. The molecular weight excluding hydrogens is 232 g/mol. The fourth-order valence-corrected chi connectivity index (χ4v) is 1.42. The van der Waals surface area contributed by atoms with Gasteiger partial charge < -0.3 is 14.2 Å². The largest absolute Gasteiger partial charge is 0.494 e. The molecule has 18 heavy (non-hydrogen) atoms. The van der Waals surface area contributed by atoms with E-state index in [2.05, 4.69) is 4.74 Å². The van der Waals surface area contributed by atoms with Crippen LogP contribution >= 0.6 is 0 Å². The van der Waals surface area contributed by atoms with E-state index in [-0.39, 0.29) is 0 Å². The summed E-state index contributed by atoms with van der Waals surface area (Å²) in [5.74, 6) is 1.03. The Hall–Kier alpha value is -1.97. The highest BCUT2D eigenvalue weighted by Gasteiger charge is 2.04. The van der Waals surface area contributed by atoms with Gasteiger partial charge in [-0.15, -0.1) is 0 Å². The average Bonchev–Trinajstić information content (AvgIpc) is 2.38. The monoisotopic (exact) mass is 250 g/mol. The SMILES string of the molecule is CCOc1ccc(C=CC(=O)OC)c(OCC)c1. The summed E-state index contributed by atoms with van der Waals surface area (Å²) in [6, 6.07) is 5.49. The molecule has 0 unspecified atom stereocenters. The van der Waals surface area contributed by atoms with Gasteiger partial charge in [0.05, 0.1) is 20.3 Å². The Morgan fingerprint density at radius 3 is 2.56 bits per heavy atom. The first-order valence-corrected chi connectivity index (χ1v) is 5.87. The van der Waals surface area contributed by atoms with Crippen LogP contribution in [0.3, 0.4) is 0 Å². The molecule has 0 radical (unpaired) electrons. The molecule has 0 atom stereocenters. The number of hydrogen-bond acceptors (Lipinski definition) is 4. The third-order valence-corrected chi connectivity index (χ3v) is 2.20. The van der Waals surface area contributed by atoms with Gasteiger partial charge in [-0.25, -0.2) is 4.79 Å². The van der Waals surface area contributed by atoms with Gasteiger partial charge in [-0.2, -0.15) is 0 Å². The molecule has 98 valence electrons. The molecule has 0 N–H and O–H groups in total. The molecule has 1 aromatic carbocycles. The van der Waals surface area contributed by atoms with Gasteiger partial charge in [0.15, 0.2) is 0 Å². The third kappa shape index (κ3) is 4.13. The quantitative estimate of drug-likeness (QED) is 0.575. The molecular formula is C14H18O4. The topological polar surface area (TPSA) is 44.8 Å². The Balaban J connectivity index is 2.95. The molecule has 4 nitrogen and oxygen atoms in total. The predicted octanol–water partition coefficient (Wildman–Crippen LogP) is 2.67. The first kappa shape index (κ1) is 14.1. The number of benzene rings is 1. The third-order valence-electron chi connectivity index (χ3n) is 2.20. The molecule has 0 aliphatic rings. The maximum Gasteiger partial charge on any atom is 0.330 e. The number of ether oxygens (including phenoxy) is 3. The minimum Gasteiger partial charge on any atom is -0.494 e. The summed E-state index contributed by atoms with van der Waals surface area (Å²) in [7, 11) is 1.34. The van der Waals surface area contributed by atoms with E-state index in [1.54, 1.807) is 6.08 Å². The van der Waals surface area contributed by atoms with Crippen LogP contribution in [0.5, 0.6) is 11.5 Å². The van der Waals surface area contributed by atoms with Crippen molar-refractivity contribution in [2.24, 2.45) is 0 Å². The first-order chi connectivity index (χ1) is 8.71. The molecule has 1 rings (SSSR count). The van der Waals surface area contributed by atoms with Crippen molar-refractivity contribution in [1.29, 1.82) is 0 Å². The minimum absolute atomic E-state index is 0.397. The summed E-state index contributed by atoms with van der Waals surface area (Å²) in [5, 5.41) is 0. The zero-order valence-electron chi connectivity index (χ0n) is 10.9. The van der Waals surface area contributed by atoms with Gasteiger partial charge in [0.1, 0.15) is 11.5 Å². The lowest BCUT2D eigenvalue weighted by atomic mass is 10.1. The molecule has 0 spiro atoms. The maximum absolute atomic E-state index is 11.0. The molecule has 0 saturated heterocycles. The van der Waals surface area contributed by atoms with E-state index >= 15 is 0 Å². The van der Waals surface area contributed by atoms with Crippen LogP contribution in [0, 0.1) is 0 Å². The number of esters is 1. The van der Waals surface area contributed by atoms with E-state index in [0.717, 1.165) is 11.3 Å². The van der Waals surface area contributed by atoms with Gasteiger partial charge in [0.2, 0.25) is 0 Å². The Bertz CT molecular complexity index is 424. The van der Waals surface area contributed by atoms with Gasteiger partial charge in [0, 0.05) is 17.7 Å². The molecule has 0 saturated carbocycles. The van der Waals surface area contributed by atoms with Crippen molar-refractivity contribution in [2.75, 3.05) is 20.3 Å². The summed E-state index contributed by atoms with van der Waals surface area (Å²) in [5.41, 5.74) is 0.811. The highest BCUT2D eigenvalue weighted by molar-refractivity contribution is 5.87.